The van der Waals surface area contributed by atoms with Gasteiger partial charge >= 0.3 is 0 Å². The molecule has 0 amide bonds. The van der Waals surface area contributed by atoms with Gasteiger partial charge in [-0.25, -0.2) is 4.98 Å². The molecule has 0 aliphatic heterocycles. The van der Waals surface area contributed by atoms with E-state index in [2.05, 4.69) is 9.97 Å². The predicted molar refractivity (Wildman–Crippen MR) is 69.3 cm³/mol. The molecule has 2 heterocycles. The highest BCUT2D eigenvalue weighted by Gasteiger charge is 2.18. The van der Waals surface area contributed by atoms with Crippen molar-refractivity contribution in [3.8, 4) is 10.6 Å². The van der Waals surface area contributed by atoms with Crippen molar-refractivity contribution in [2.24, 2.45) is 5.92 Å². The summed E-state index contributed by atoms with van der Waals surface area (Å²) in [5.74, 6) is 0.172. The van der Waals surface area contributed by atoms with Crippen LogP contribution in [0.3, 0.4) is 0 Å². The fourth-order valence-corrected chi connectivity index (χ4v) is 2.64. The van der Waals surface area contributed by atoms with Crippen molar-refractivity contribution in [3.05, 3.63) is 35.1 Å². The highest BCUT2D eigenvalue weighted by molar-refractivity contribution is 7.17. The number of carbonyl (C=O) groups excluding carboxylic acids is 1. The maximum absolute atomic E-state index is 12.0. The van der Waals surface area contributed by atoms with Gasteiger partial charge < -0.3 is 0 Å². The second-order valence-corrected chi connectivity index (χ2v) is 5.19. The maximum Gasteiger partial charge on any atom is 0.177 e. The molecule has 0 spiro atoms. The Hall–Kier alpha value is -1.55. The minimum absolute atomic E-state index is 0.0101. The number of hydrogen-bond acceptors (Lipinski definition) is 4. The smallest absolute Gasteiger partial charge is 0.177 e. The number of aryl methyl sites for hydroxylation is 1. The predicted octanol–water partition coefficient (Wildman–Crippen LogP) is 3.35. The largest absolute Gasteiger partial charge is 0.293 e. The molecule has 3 nitrogen and oxygen atoms in total. The summed E-state index contributed by atoms with van der Waals surface area (Å²) in [4.78, 5) is 21.2. The number of Topliss-reactive ketones (excluding diaryl/α,β-unsaturated/α-hetero) is 1. The molecule has 2 aromatic rings. The summed E-state index contributed by atoms with van der Waals surface area (Å²) in [6.07, 6.45) is 3.49. The van der Waals surface area contributed by atoms with Gasteiger partial charge in [-0.05, 0) is 19.1 Å². The lowest BCUT2D eigenvalue weighted by Gasteiger charge is -2.00. The molecule has 0 aromatic carbocycles. The lowest BCUT2D eigenvalue weighted by Crippen LogP contribution is -2.06. The Morgan fingerprint density at radius 1 is 1.41 bits per heavy atom. The minimum Gasteiger partial charge on any atom is -0.293 e. The van der Waals surface area contributed by atoms with E-state index in [1.807, 2.05) is 32.9 Å². The first-order valence-electron chi connectivity index (χ1n) is 5.51. The molecule has 0 saturated carbocycles. The highest BCUT2D eigenvalue weighted by atomic mass is 32.1. The van der Waals surface area contributed by atoms with E-state index in [1.54, 1.807) is 12.4 Å². The van der Waals surface area contributed by atoms with Gasteiger partial charge in [-0.3, -0.25) is 9.78 Å². The molecule has 17 heavy (non-hydrogen) atoms. The SMILES string of the molecule is Cc1nc(-c2cccnc2)sc1C(=O)C(C)C. The Balaban J connectivity index is 2.41. The molecule has 0 radical (unpaired) electrons. The van der Waals surface area contributed by atoms with E-state index in [1.165, 1.54) is 11.3 Å². The standard InChI is InChI=1S/C13H14N2OS/c1-8(2)11(16)12-9(3)15-13(17-12)10-5-4-6-14-7-10/h4-8H,1-3H3. The first-order chi connectivity index (χ1) is 8.09. The fourth-order valence-electron chi connectivity index (χ4n) is 1.50. The van der Waals surface area contributed by atoms with Gasteiger partial charge in [0.15, 0.2) is 5.78 Å². The summed E-state index contributed by atoms with van der Waals surface area (Å²) in [5, 5.41) is 0.861. The van der Waals surface area contributed by atoms with Crippen LogP contribution < -0.4 is 0 Å². The van der Waals surface area contributed by atoms with Crippen molar-refractivity contribution in [1.29, 1.82) is 0 Å². The Morgan fingerprint density at radius 2 is 2.18 bits per heavy atom. The van der Waals surface area contributed by atoms with Crippen LogP contribution in [0.1, 0.15) is 29.2 Å². The van der Waals surface area contributed by atoms with Gasteiger partial charge in [-0.1, -0.05) is 13.8 Å². The molecule has 88 valence electrons. The van der Waals surface area contributed by atoms with Crippen LogP contribution in [0.5, 0.6) is 0 Å². The van der Waals surface area contributed by atoms with Crippen molar-refractivity contribution in [2.45, 2.75) is 20.8 Å². The molecular formula is C13H14N2OS. The summed E-state index contributed by atoms with van der Waals surface area (Å²) in [6, 6.07) is 3.82. The maximum atomic E-state index is 12.0. The number of rotatable bonds is 3. The minimum atomic E-state index is 0.0101. The van der Waals surface area contributed by atoms with Gasteiger partial charge in [-0.15, -0.1) is 11.3 Å². The van der Waals surface area contributed by atoms with Gasteiger partial charge in [0.2, 0.25) is 0 Å². The number of thiazole rings is 1. The van der Waals surface area contributed by atoms with Crippen LogP contribution in [0.2, 0.25) is 0 Å². The van der Waals surface area contributed by atoms with E-state index >= 15 is 0 Å². The van der Waals surface area contributed by atoms with Gasteiger partial charge in [0.05, 0.1) is 10.6 Å². The summed E-state index contributed by atoms with van der Waals surface area (Å²) in [7, 11) is 0. The molecule has 0 bridgehead atoms. The molecule has 2 aromatic heterocycles. The third kappa shape index (κ3) is 2.42. The molecule has 0 N–H and O–H groups in total. The molecule has 0 aliphatic rings. The number of pyridine rings is 1. The third-order valence-corrected chi connectivity index (χ3v) is 3.67. The van der Waals surface area contributed by atoms with Crippen molar-refractivity contribution < 1.29 is 4.79 Å². The van der Waals surface area contributed by atoms with E-state index in [0.717, 1.165) is 21.1 Å². The van der Waals surface area contributed by atoms with Crippen LogP contribution in [0, 0.1) is 12.8 Å². The topological polar surface area (TPSA) is 42.9 Å². The van der Waals surface area contributed by atoms with Gasteiger partial charge in [0, 0.05) is 23.9 Å². The molecule has 0 unspecified atom stereocenters. The van der Waals surface area contributed by atoms with Crippen molar-refractivity contribution in [1.82, 2.24) is 9.97 Å². The van der Waals surface area contributed by atoms with Crippen molar-refractivity contribution in [2.75, 3.05) is 0 Å². The average molecular weight is 246 g/mol. The Labute approximate surface area is 105 Å². The second-order valence-electron chi connectivity index (χ2n) is 4.19. The van der Waals surface area contributed by atoms with Crippen LogP contribution in [0.25, 0.3) is 10.6 Å². The van der Waals surface area contributed by atoms with E-state index in [0.29, 0.717) is 0 Å². The number of ketones is 1. The lowest BCUT2D eigenvalue weighted by molar-refractivity contribution is 0.0942. The first kappa shape index (κ1) is 11.9. The van der Waals surface area contributed by atoms with Gasteiger partial charge in [0.25, 0.3) is 0 Å². The Morgan fingerprint density at radius 3 is 2.76 bits per heavy atom. The normalized spacial score (nSPS) is 10.8. The molecule has 0 saturated heterocycles. The van der Waals surface area contributed by atoms with E-state index < -0.39 is 0 Å². The molecule has 0 aliphatic carbocycles. The molecule has 0 atom stereocenters. The van der Waals surface area contributed by atoms with Crippen LogP contribution in [-0.4, -0.2) is 15.8 Å². The number of aromatic nitrogens is 2. The summed E-state index contributed by atoms with van der Waals surface area (Å²) >= 11 is 1.45. The van der Waals surface area contributed by atoms with Crippen molar-refractivity contribution in [3.63, 3.8) is 0 Å². The fraction of sp³-hybridized carbons (Fsp3) is 0.308. The number of nitrogens with zero attached hydrogens (tertiary/aromatic N) is 2. The van der Waals surface area contributed by atoms with Crippen LogP contribution in [0.4, 0.5) is 0 Å². The van der Waals surface area contributed by atoms with Gasteiger partial charge in [-0.2, -0.15) is 0 Å². The van der Waals surface area contributed by atoms with E-state index in [-0.39, 0.29) is 11.7 Å². The van der Waals surface area contributed by atoms with Crippen LogP contribution in [0.15, 0.2) is 24.5 Å². The highest BCUT2D eigenvalue weighted by Crippen LogP contribution is 2.28. The van der Waals surface area contributed by atoms with E-state index in [9.17, 15) is 4.79 Å². The molecule has 0 fully saturated rings. The summed E-state index contributed by atoms with van der Waals surface area (Å²) in [6.45, 7) is 5.70. The van der Waals surface area contributed by atoms with Gasteiger partial charge in [0.1, 0.15) is 5.01 Å². The van der Waals surface area contributed by atoms with Crippen LogP contribution >= 0.6 is 11.3 Å². The monoisotopic (exact) mass is 246 g/mol. The van der Waals surface area contributed by atoms with Crippen molar-refractivity contribution >= 4 is 17.1 Å². The van der Waals surface area contributed by atoms with E-state index in [4.69, 9.17) is 0 Å². The zero-order valence-electron chi connectivity index (χ0n) is 10.1. The Bertz CT molecular complexity index is 532. The zero-order valence-corrected chi connectivity index (χ0v) is 10.9. The molecule has 4 heteroatoms. The summed E-state index contributed by atoms with van der Waals surface area (Å²) < 4.78 is 0. The Kier molecular flexibility index (Phi) is 3.33. The summed E-state index contributed by atoms with van der Waals surface area (Å²) in [5.41, 5.74) is 1.77. The molecule has 2 rings (SSSR count). The third-order valence-electron chi connectivity index (χ3n) is 2.45. The zero-order chi connectivity index (χ0) is 12.4. The quantitative estimate of drug-likeness (QED) is 0.780. The lowest BCUT2D eigenvalue weighted by atomic mass is 10.1. The average Bonchev–Trinajstić information content (AvgIpc) is 2.71. The first-order valence-corrected chi connectivity index (χ1v) is 6.33. The molecular weight excluding hydrogens is 232 g/mol. The number of carbonyl (C=O) groups is 1. The van der Waals surface area contributed by atoms with Crippen LogP contribution in [-0.2, 0) is 0 Å². The number of hydrogen-bond donors (Lipinski definition) is 0. The second kappa shape index (κ2) is 4.75.